The van der Waals surface area contributed by atoms with Crippen LogP contribution < -0.4 is 16.0 Å². The maximum absolute atomic E-state index is 11.6. The van der Waals surface area contributed by atoms with Gasteiger partial charge in [-0.1, -0.05) is 11.2 Å². The van der Waals surface area contributed by atoms with Gasteiger partial charge in [0, 0.05) is 25.5 Å². The minimum absolute atomic E-state index is 0.118. The van der Waals surface area contributed by atoms with E-state index < -0.39 is 0 Å². The summed E-state index contributed by atoms with van der Waals surface area (Å²) in [6.07, 6.45) is -0.137. The van der Waals surface area contributed by atoms with Crippen molar-refractivity contribution in [2.75, 3.05) is 24.3 Å². The van der Waals surface area contributed by atoms with E-state index in [4.69, 9.17) is 10.9 Å². The number of amidine groups is 1. The predicted octanol–water partition coefficient (Wildman–Crippen LogP) is 1.14. The summed E-state index contributed by atoms with van der Waals surface area (Å²) in [4.78, 5) is 13.5. The van der Waals surface area contributed by atoms with Crippen LogP contribution in [-0.2, 0) is 4.79 Å². The van der Waals surface area contributed by atoms with Crippen LogP contribution in [0.15, 0.2) is 23.4 Å². The van der Waals surface area contributed by atoms with E-state index in [0.29, 0.717) is 5.69 Å². The van der Waals surface area contributed by atoms with Gasteiger partial charge in [0.05, 0.1) is 6.42 Å². The molecule has 0 fully saturated rings. The van der Waals surface area contributed by atoms with E-state index in [1.165, 1.54) is 0 Å². The molecule has 0 unspecified atom stereocenters. The van der Waals surface area contributed by atoms with Crippen molar-refractivity contribution in [3.05, 3.63) is 23.8 Å². The predicted molar refractivity (Wildman–Crippen MR) is 72.2 cm³/mol. The average Bonchev–Trinajstić information content (AvgIpc) is 2.31. The highest BCUT2D eigenvalue weighted by Crippen LogP contribution is 2.22. The second-order valence-corrected chi connectivity index (χ2v) is 4.21. The van der Waals surface area contributed by atoms with Gasteiger partial charge in [-0.3, -0.25) is 4.79 Å². The Balaban J connectivity index is 2.80. The molecule has 6 heteroatoms. The number of carbonyl (C=O) groups is 1. The van der Waals surface area contributed by atoms with Gasteiger partial charge in [-0.2, -0.15) is 0 Å². The summed E-state index contributed by atoms with van der Waals surface area (Å²) < 4.78 is 0. The molecule has 18 heavy (non-hydrogen) atoms. The maximum atomic E-state index is 11.6. The molecule has 0 aromatic heterocycles. The number of aryl methyl sites for hydroxylation is 1. The number of amides is 1. The molecular formula is C12H18N4O2. The van der Waals surface area contributed by atoms with Crippen LogP contribution in [-0.4, -0.2) is 31.0 Å². The fourth-order valence-corrected chi connectivity index (χ4v) is 1.57. The number of nitrogens with one attached hydrogen (secondary N) is 1. The zero-order valence-electron chi connectivity index (χ0n) is 10.8. The normalized spacial score (nSPS) is 11.2. The van der Waals surface area contributed by atoms with Gasteiger partial charge in [0.1, 0.15) is 5.84 Å². The summed E-state index contributed by atoms with van der Waals surface area (Å²) in [7, 11) is 3.87. The summed E-state index contributed by atoms with van der Waals surface area (Å²) in [5.74, 6) is -0.439. The SMILES string of the molecule is Cc1ccc(NC(=O)C/C(N)=N/O)cc1N(C)C. The van der Waals surface area contributed by atoms with E-state index in [2.05, 4.69) is 10.5 Å². The van der Waals surface area contributed by atoms with Crippen molar-refractivity contribution in [2.45, 2.75) is 13.3 Å². The Hall–Kier alpha value is -2.24. The van der Waals surface area contributed by atoms with Gasteiger partial charge in [-0.15, -0.1) is 0 Å². The van der Waals surface area contributed by atoms with E-state index in [1.54, 1.807) is 0 Å². The molecule has 0 atom stereocenters. The maximum Gasteiger partial charge on any atom is 0.232 e. The summed E-state index contributed by atoms with van der Waals surface area (Å²) in [6, 6.07) is 5.61. The first-order chi connectivity index (χ1) is 8.43. The Morgan fingerprint density at radius 3 is 2.72 bits per heavy atom. The molecule has 0 spiro atoms. The smallest absolute Gasteiger partial charge is 0.232 e. The number of anilines is 2. The number of nitrogens with zero attached hydrogens (tertiary/aromatic N) is 2. The Kier molecular flexibility index (Phi) is 4.53. The van der Waals surface area contributed by atoms with E-state index in [1.807, 2.05) is 44.1 Å². The van der Waals surface area contributed by atoms with Crippen LogP contribution in [0.25, 0.3) is 0 Å². The van der Waals surface area contributed by atoms with Crippen LogP contribution in [0.4, 0.5) is 11.4 Å². The minimum atomic E-state index is -0.321. The molecule has 6 nitrogen and oxygen atoms in total. The second kappa shape index (κ2) is 5.90. The Morgan fingerprint density at radius 1 is 1.50 bits per heavy atom. The van der Waals surface area contributed by atoms with Crippen LogP contribution >= 0.6 is 0 Å². The minimum Gasteiger partial charge on any atom is -0.409 e. The number of nitrogens with two attached hydrogens (primary N) is 1. The lowest BCUT2D eigenvalue weighted by Crippen LogP contribution is -2.22. The number of benzene rings is 1. The average molecular weight is 250 g/mol. The first-order valence-corrected chi connectivity index (χ1v) is 5.48. The monoisotopic (exact) mass is 250 g/mol. The molecule has 0 aliphatic heterocycles. The molecule has 98 valence electrons. The summed E-state index contributed by atoms with van der Waals surface area (Å²) in [6.45, 7) is 2.00. The summed E-state index contributed by atoms with van der Waals surface area (Å²) >= 11 is 0. The van der Waals surface area contributed by atoms with Crippen molar-refractivity contribution < 1.29 is 10.0 Å². The third-order valence-electron chi connectivity index (χ3n) is 2.44. The van der Waals surface area contributed by atoms with Gasteiger partial charge in [-0.05, 0) is 24.6 Å². The van der Waals surface area contributed by atoms with Gasteiger partial charge in [0.25, 0.3) is 0 Å². The third-order valence-corrected chi connectivity index (χ3v) is 2.44. The number of hydrogen-bond donors (Lipinski definition) is 3. The lowest BCUT2D eigenvalue weighted by atomic mass is 10.1. The molecule has 0 aliphatic rings. The van der Waals surface area contributed by atoms with Crippen LogP contribution in [0.3, 0.4) is 0 Å². The molecule has 1 rings (SSSR count). The molecule has 0 bridgehead atoms. The second-order valence-electron chi connectivity index (χ2n) is 4.21. The third kappa shape index (κ3) is 3.65. The van der Waals surface area contributed by atoms with E-state index in [-0.39, 0.29) is 18.2 Å². The molecule has 1 aromatic carbocycles. The van der Waals surface area contributed by atoms with Crippen molar-refractivity contribution in [3.8, 4) is 0 Å². The molecular weight excluding hydrogens is 232 g/mol. The van der Waals surface area contributed by atoms with Crippen molar-refractivity contribution in [1.82, 2.24) is 0 Å². The van der Waals surface area contributed by atoms with Gasteiger partial charge < -0.3 is 21.2 Å². The fraction of sp³-hybridized carbons (Fsp3) is 0.333. The molecule has 0 aliphatic carbocycles. The molecule has 0 heterocycles. The molecule has 0 saturated carbocycles. The molecule has 1 aromatic rings. The zero-order valence-corrected chi connectivity index (χ0v) is 10.8. The van der Waals surface area contributed by atoms with Crippen molar-refractivity contribution >= 4 is 23.1 Å². The highest BCUT2D eigenvalue weighted by Gasteiger charge is 2.07. The number of hydrogen-bond acceptors (Lipinski definition) is 4. The first-order valence-electron chi connectivity index (χ1n) is 5.48. The topological polar surface area (TPSA) is 91.0 Å². The van der Waals surface area contributed by atoms with Crippen LogP contribution in [0, 0.1) is 6.92 Å². The van der Waals surface area contributed by atoms with E-state index in [0.717, 1.165) is 11.3 Å². The molecule has 1 amide bonds. The van der Waals surface area contributed by atoms with Crippen molar-refractivity contribution in [1.29, 1.82) is 0 Å². The Labute approximate surface area is 106 Å². The van der Waals surface area contributed by atoms with Gasteiger partial charge in [0.15, 0.2) is 0 Å². The van der Waals surface area contributed by atoms with Crippen molar-refractivity contribution in [2.24, 2.45) is 10.9 Å². The summed E-state index contributed by atoms with van der Waals surface area (Å²) in [5.41, 5.74) is 8.09. The first kappa shape index (κ1) is 13.8. The standard InChI is InChI=1S/C12H18N4O2/c1-8-4-5-9(6-10(8)16(2)3)14-12(17)7-11(13)15-18/h4-6,18H,7H2,1-3H3,(H2,13,15)(H,14,17). The highest BCUT2D eigenvalue weighted by molar-refractivity contribution is 6.04. The van der Waals surface area contributed by atoms with Gasteiger partial charge in [0.2, 0.25) is 5.91 Å². The Morgan fingerprint density at radius 2 is 2.17 bits per heavy atom. The molecule has 0 saturated heterocycles. The Bertz CT molecular complexity index is 469. The number of oxime groups is 1. The summed E-state index contributed by atoms with van der Waals surface area (Å²) in [5, 5.41) is 13.8. The van der Waals surface area contributed by atoms with Crippen LogP contribution in [0.5, 0.6) is 0 Å². The van der Waals surface area contributed by atoms with E-state index in [9.17, 15) is 4.79 Å². The number of carbonyl (C=O) groups excluding carboxylic acids is 1. The zero-order chi connectivity index (χ0) is 13.7. The largest absolute Gasteiger partial charge is 0.409 e. The lowest BCUT2D eigenvalue weighted by molar-refractivity contribution is -0.115. The highest BCUT2D eigenvalue weighted by atomic mass is 16.4. The van der Waals surface area contributed by atoms with Crippen molar-refractivity contribution in [3.63, 3.8) is 0 Å². The fourth-order valence-electron chi connectivity index (χ4n) is 1.57. The van der Waals surface area contributed by atoms with Crippen LogP contribution in [0.1, 0.15) is 12.0 Å². The molecule has 0 radical (unpaired) electrons. The quantitative estimate of drug-likeness (QED) is 0.323. The molecule has 4 N–H and O–H groups in total. The van der Waals surface area contributed by atoms with Gasteiger partial charge >= 0.3 is 0 Å². The van der Waals surface area contributed by atoms with Crippen LogP contribution in [0.2, 0.25) is 0 Å². The lowest BCUT2D eigenvalue weighted by Gasteiger charge is -2.17. The van der Waals surface area contributed by atoms with Gasteiger partial charge in [-0.25, -0.2) is 0 Å². The van der Waals surface area contributed by atoms with E-state index >= 15 is 0 Å². The number of rotatable bonds is 4.